The van der Waals surface area contributed by atoms with Crippen LogP contribution >= 0.6 is 11.6 Å². The highest BCUT2D eigenvalue weighted by atomic mass is 35.5. The van der Waals surface area contributed by atoms with Gasteiger partial charge in [0.2, 0.25) is 0 Å². The van der Waals surface area contributed by atoms with Gasteiger partial charge in [-0.25, -0.2) is 8.78 Å². The van der Waals surface area contributed by atoms with Crippen LogP contribution < -0.4 is 10.1 Å². The second kappa shape index (κ2) is 7.22. The Morgan fingerprint density at radius 2 is 1.91 bits per heavy atom. The van der Waals surface area contributed by atoms with Crippen molar-refractivity contribution in [1.82, 2.24) is 0 Å². The standard InChI is InChI=1S/C16H14ClF2NO2/c1-2-15(22-12-6-3-10(17)4-7-12)16(21)20-14-8-5-11(18)9-13(14)19/h3-9,15H,2H2,1H3,(H,20,21)/t15-/m1/s1. The number of benzene rings is 2. The average molecular weight is 326 g/mol. The quantitative estimate of drug-likeness (QED) is 0.884. The van der Waals surface area contributed by atoms with E-state index in [0.717, 1.165) is 12.1 Å². The van der Waals surface area contributed by atoms with Gasteiger partial charge in [0.05, 0.1) is 5.69 Å². The lowest BCUT2D eigenvalue weighted by Gasteiger charge is -2.17. The first kappa shape index (κ1) is 16.2. The van der Waals surface area contributed by atoms with Gasteiger partial charge in [-0.1, -0.05) is 18.5 Å². The fraction of sp³-hybridized carbons (Fsp3) is 0.188. The first-order valence-electron chi connectivity index (χ1n) is 6.67. The molecule has 0 bridgehead atoms. The number of hydrogen-bond acceptors (Lipinski definition) is 2. The molecule has 22 heavy (non-hydrogen) atoms. The lowest BCUT2D eigenvalue weighted by atomic mass is 10.2. The summed E-state index contributed by atoms with van der Waals surface area (Å²) in [6.07, 6.45) is -0.414. The highest BCUT2D eigenvalue weighted by Crippen LogP contribution is 2.19. The average Bonchev–Trinajstić information content (AvgIpc) is 2.49. The first-order chi connectivity index (χ1) is 10.5. The number of hydrogen-bond donors (Lipinski definition) is 1. The van der Waals surface area contributed by atoms with Gasteiger partial charge in [0.15, 0.2) is 6.10 Å². The van der Waals surface area contributed by atoms with Gasteiger partial charge in [0, 0.05) is 11.1 Å². The normalized spacial score (nSPS) is 11.8. The number of anilines is 1. The fourth-order valence-electron chi connectivity index (χ4n) is 1.80. The first-order valence-corrected chi connectivity index (χ1v) is 7.05. The van der Waals surface area contributed by atoms with Gasteiger partial charge < -0.3 is 10.1 Å². The van der Waals surface area contributed by atoms with Crippen molar-refractivity contribution in [1.29, 1.82) is 0 Å². The van der Waals surface area contributed by atoms with Crippen LogP contribution in [0.4, 0.5) is 14.5 Å². The molecule has 0 aliphatic rings. The van der Waals surface area contributed by atoms with Crippen LogP contribution in [0.1, 0.15) is 13.3 Å². The summed E-state index contributed by atoms with van der Waals surface area (Å²) in [4.78, 5) is 12.1. The Balaban J connectivity index is 2.06. The Kier molecular flexibility index (Phi) is 5.33. The minimum atomic E-state index is -0.838. The zero-order valence-electron chi connectivity index (χ0n) is 11.8. The molecule has 6 heteroatoms. The van der Waals surface area contributed by atoms with Gasteiger partial charge in [0.25, 0.3) is 5.91 Å². The lowest BCUT2D eigenvalue weighted by molar-refractivity contribution is -0.122. The molecule has 1 amide bonds. The minimum Gasteiger partial charge on any atom is -0.481 e. The fourth-order valence-corrected chi connectivity index (χ4v) is 1.93. The van der Waals surface area contributed by atoms with Gasteiger partial charge >= 0.3 is 0 Å². The van der Waals surface area contributed by atoms with Gasteiger partial charge in [-0.15, -0.1) is 0 Å². The van der Waals surface area contributed by atoms with Crippen molar-refractivity contribution in [3.05, 3.63) is 59.1 Å². The molecule has 0 aliphatic heterocycles. The van der Waals surface area contributed by atoms with Crippen LogP contribution in [0.5, 0.6) is 5.75 Å². The summed E-state index contributed by atoms with van der Waals surface area (Å²) in [6, 6.07) is 9.49. The Bertz CT molecular complexity index is 662. The Labute approximate surface area is 131 Å². The SMILES string of the molecule is CC[C@@H](Oc1ccc(Cl)cc1)C(=O)Nc1ccc(F)cc1F. The molecule has 0 fully saturated rings. The molecule has 0 unspecified atom stereocenters. The Hall–Kier alpha value is -2.14. The van der Waals surface area contributed by atoms with Crippen LogP contribution in [-0.2, 0) is 4.79 Å². The summed E-state index contributed by atoms with van der Waals surface area (Å²) in [6.45, 7) is 1.77. The number of halogens is 3. The second-order valence-electron chi connectivity index (χ2n) is 4.58. The van der Waals surface area contributed by atoms with Gasteiger partial charge in [-0.05, 0) is 42.8 Å². The number of nitrogens with one attached hydrogen (secondary N) is 1. The topological polar surface area (TPSA) is 38.3 Å². The van der Waals surface area contributed by atoms with Crippen LogP contribution in [0.3, 0.4) is 0 Å². The Morgan fingerprint density at radius 3 is 2.50 bits per heavy atom. The smallest absolute Gasteiger partial charge is 0.265 e. The monoisotopic (exact) mass is 325 g/mol. The molecule has 0 saturated heterocycles. The maximum absolute atomic E-state index is 13.5. The van der Waals surface area contributed by atoms with E-state index in [1.54, 1.807) is 31.2 Å². The number of rotatable bonds is 5. The predicted octanol–water partition coefficient (Wildman–Crippen LogP) is 4.41. The third-order valence-corrected chi connectivity index (χ3v) is 3.20. The Morgan fingerprint density at radius 1 is 1.23 bits per heavy atom. The number of amides is 1. The summed E-state index contributed by atoms with van der Waals surface area (Å²) < 4.78 is 31.9. The van der Waals surface area contributed by atoms with Crippen molar-refractivity contribution in [3.8, 4) is 5.75 Å². The van der Waals surface area contributed by atoms with Crippen molar-refractivity contribution in [2.75, 3.05) is 5.32 Å². The third kappa shape index (κ3) is 4.18. The molecule has 116 valence electrons. The lowest BCUT2D eigenvalue weighted by Crippen LogP contribution is -2.32. The van der Waals surface area contributed by atoms with Gasteiger partial charge in [0.1, 0.15) is 17.4 Å². The number of carbonyl (C=O) groups excluding carboxylic acids is 1. The van der Waals surface area contributed by atoms with E-state index >= 15 is 0 Å². The van der Waals surface area contributed by atoms with Crippen LogP contribution in [0, 0.1) is 11.6 Å². The molecule has 3 nitrogen and oxygen atoms in total. The van der Waals surface area contributed by atoms with Crippen LogP contribution in [0.25, 0.3) is 0 Å². The molecule has 0 aromatic heterocycles. The van der Waals surface area contributed by atoms with E-state index in [0.29, 0.717) is 23.3 Å². The van der Waals surface area contributed by atoms with Crippen molar-refractivity contribution >= 4 is 23.2 Å². The minimum absolute atomic E-state index is 0.0930. The number of carbonyl (C=O) groups is 1. The predicted molar refractivity (Wildman–Crippen MR) is 81.1 cm³/mol. The molecule has 0 heterocycles. The third-order valence-electron chi connectivity index (χ3n) is 2.94. The van der Waals surface area contributed by atoms with E-state index in [2.05, 4.69) is 5.32 Å². The van der Waals surface area contributed by atoms with E-state index in [1.165, 1.54) is 0 Å². The largest absolute Gasteiger partial charge is 0.481 e. The molecular weight excluding hydrogens is 312 g/mol. The molecule has 1 N–H and O–H groups in total. The summed E-state index contributed by atoms with van der Waals surface area (Å²) >= 11 is 5.78. The molecule has 0 aliphatic carbocycles. The van der Waals surface area contributed by atoms with E-state index in [1.807, 2.05) is 0 Å². The van der Waals surface area contributed by atoms with E-state index in [-0.39, 0.29) is 5.69 Å². The van der Waals surface area contributed by atoms with Crippen molar-refractivity contribution in [2.45, 2.75) is 19.4 Å². The maximum Gasteiger partial charge on any atom is 0.265 e. The molecule has 0 radical (unpaired) electrons. The molecule has 2 aromatic rings. The molecule has 0 spiro atoms. The second-order valence-corrected chi connectivity index (χ2v) is 5.02. The highest BCUT2D eigenvalue weighted by Gasteiger charge is 2.20. The van der Waals surface area contributed by atoms with Crippen molar-refractivity contribution in [2.24, 2.45) is 0 Å². The maximum atomic E-state index is 13.5. The van der Waals surface area contributed by atoms with Crippen LogP contribution in [0.2, 0.25) is 5.02 Å². The van der Waals surface area contributed by atoms with E-state index in [4.69, 9.17) is 16.3 Å². The zero-order chi connectivity index (χ0) is 16.1. The summed E-state index contributed by atoms with van der Waals surface area (Å²) in [7, 11) is 0. The van der Waals surface area contributed by atoms with E-state index < -0.39 is 23.6 Å². The number of ether oxygens (including phenoxy) is 1. The van der Waals surface area contributed by atoms with E-state index in [9.17, 15) is 13.6 Å². The van der Waals surface area contributed by atoms with Crippen LogP contribution in [-0.4, -0.2) is 12.0 Å². The summed E-state index contributed by atoms with van der Waals surface area (Å²) in [5.41, 5.74) is -0.0930. The molecule has 1 atom stereocenters. The molecule has 0 saturated carbocycles. The molecule has 2 aromatic carbocycles. The van der Waals surface area contributed by atoms with Crippen LogP contribution in [0.15, 0.2) is 42.5 Å². The zero-order valence-corrected chi connectivity index (χ0v) is 12.5. The summed E-state index contributed by atoms with van der Waals surface area (Å²) in [5, 5.41) is 2.94. The van der Waals surface area contributed by atoms with Gasteiger partial charge in [-0.2, -0.15) is 0 Å². The molecular formula is C16H14ClF2NO2. The molecule has 2 rings (SSSR count). The van der Waals surface area contributed by atoms with Crippen molar-refractivity contribution in [3.63, 3.8) is 0 Å². The highest BCUT2D eigenvalue weighted by molar-refractivity contribution is 6.30. The van der Waals surface area contributed by atoms with Crippen molar-refractivity contribution < 1.29 is 18.3 Å². The summed E-state index contributed by atoms with van der Waals surface area (Å²) in [5.74, 6) is -1.58. The van der Waals surface area contributed by atoms with Gasteiger partial charge in [-0.3, -0.25) is 4.79 Å².